The van der Waals surface area contributed by atoms with Gasteiger partial charge in [0.05, 0.1) is 6.42 Å². The Bertz CT molecular complexity index is 698. The van der Waals surface area contributed by atoms with Crippen molar-refractivity contribution in [3.63, 3.8) is 0 Å². The number of esters is 1. The Morgan fingerprint density at radius 2 is 1.78 bits per heavy atom. The van der Waals surface area contributed by atoms with E-state index in [0.29, 0.717) is 16.3 Å². The zero-order valence-corrected chi connectivity index (χ0v) is 13.8. The maximum atomic E-state index is 12.0. The highest BCUT2D eigenvalue weighted by atomic mass is 35.5. The van der Waals surface area contributed by atoms with Gasteiger partial charge in [0.25, 0.3) is 5.91 Å². The first-order valence-corrected chi connectivity index (χ1v) is 7.64. The van der Waals surface area contributed by atoms with Gasteiger partial charge in [0, 0.05) is 10.7 Å². The van der Waals surface area contributed by atoms with Crippen molar-refractivity contribution in [2.45, 2.75) is 26.4 Å². The van der Waals surface area contributed by atoms with Crippen molar-refractivity contribution in [2.75, 3.05) is 5.32 Å². The van der Waals surface area contributed by atoms with E-state index < -0.39 is 12.1 Å². The molecule has 0 aliphatic carbocycles. The van der Waals surface area contributed by atoms with Crippen LogP contribution in [0.15, 0.2) is 48.5 Å². The van der Waals surface area contributed by atoms with E-state index in [1.54, 1.807) is 36.4 Å². The standard InChI is InChI=1S/C18H18ClNO3/c1-12-7-9-15(10-8-12)20-18(22)13(2)23-17(21)11-14-5-3-4-6-16(14)19/h3-10,13H,11H2,1-2H3,(H,20,22)/t13-/m1/s1. The molecule has 0 radical (unpaired) electrons. The highest BCUT2D eigenvalue weighted by Gasteiger charge is 2.18. The van der Waals surface area contributed by atoms with Crippen molar-refractivity contribution in [3.8, 4) is 0 Å². The van der Waals surface area contributed by atoms with Gasteiger partial charge in [0.1, 0.15) is 0 Å². The molecule has 0 aliphatic rings. The van der Waals surface area contributed by atoms with Crippen LogP contribution >= 0.6 is 11.6 Å². The molecule has 0 heterocycles. The minimum absolute atomic E-state index is 0.0296. The first kappa shape index (κ1) is 17.0. The van der Waals surface area contributed by atoms with Crippen LogP contribution < -0.4 is 5.32 Å². The molecule has 2 rings (SSSR count). The van der Waals surface area contributed by atoms with Crippen LogP contribution in [0.2, 0.25) is 5.02 Å². The van der Waals surface area contributed by atoms with Gasteiger partial charge in [-0.3, -0.25) is 9.59 Å². The van der Waals surface area contributed by atoms with Gasteiger partial charge in [0.15, 0.2) is 6.10 Å². The number of carbonyl (C=O) groups excluding carboxylic acids is 2. The van der Waals surface area contributed by atoms with E-state index in [-0.39, 0.29) is 12.3 Å². The summed E-state index contributed by atoms with van der Waals surface area (Å²) in [6.45, 7) is 3.50. The van der Waals surface area contributed by atoms with Gasteiger partial charge in [-0.25, -0.2) is 0 Å². The summed E-state index contributed by atoms with van der Waals surface area (Å²) >= 11 is 6.00. The first-order chi connectivity index (χ1) is 11.0. The van der Waals surface area contributed by atoms with Gasteiger partial charge < -0.3 is 10.1 Å². The van der Waals surface area contributed by atoms with Crippen molar-refractivity contribution in [2.24, 2.45) is 0 Å². The third-order valence-corrected chi connectivity index (χ3v) is 3.66. The topological polar surface area (TPSA) is 55.4 Å². The van der Waals surface area contributed by atoms with E-state index in [2.05, 4.69) is 5.32 Å². The van der Waals surface area contributed by atoms with Crippen LogP contribution in [0.3, 0.4) is 0 Å². The van der Waals surface area contributed by atoms with Crippen LogP contribution in [0, 0.1) is 6.92 Å². The molecule has 0 bridgehead atoms. The van der Waals surface area contributed by atoms with Crippen molar-refractivity contribution in [1.29, 1.82) is 0 Å². The van der Waals surface area contributed by atoms with E-state index in [4.69, 9.17) is 16.3 Å². The van der Waals surface area contributed by atoms with Gasteiger partial charge in [-0.2, -0.15) is 0 Å². The summed E-state index contributed by atoms with van der Waals surface area (Å²) in [6.07, 6.45) is -0.853. The molecule has 0 unspecified atom stereocenters. The number of nitrogens with one attached hydrogen (secondary N) is 1. The SMILES string of the molecule is Cc1ccc(NC(=O)[C@@H](C)OC(=O)Cc2ccccc2Cl)cc1. The summed E-state index contributed by atoms with van der Waals surface area (Å²) in [5.41, 5.74) is 2.43. The molecule has 23 heavy (non-hydrogen) atoms. The molecule has 2 aromatic rings. The highest BCUT2D eigenvalue weighted by molar-refractivity contribution is 6.31. The van der Waals surface area contributed by atoms with Crippen LogP contribution in [0.25, 0.3) is 0 Å². The van der Waals surface area contributed by atoms with Gasteiger partial charge in [-0.1, -0.05) is 47.5 Å². The second kappa shape index (κ2) is 7.79. The van der Waals surface area contributed by atoms with Crippen molar-refractivity contribution in [3.05, 3.63) is 64.7 Å². The largest absolute Gasteiger partial charge is 0.452 e. The average Bonchev–Trinajstić information content (AvgIpc) is 2.51. The normalized spacial score (nSPS) is 11.6. The minimum Gasteiger partial charge on any atom is -0.452 e. The molecular weight excluding hydrogens is 314 g/mol. The fraction of sp³-hybridized carbons (Fsp3) is 0.222. The summed E-state index contributed by atoms with van der Waals surface area (Å²) in [5.74, 6) is -0.869. The number of halogens is 1. The molecule has 0 fully saturated rings. The lowest BCUT2D eigenvalue weighted by Gasteiger charge is -2.14. The molecule has 0 saturated heterocycles. The summed E-state index contributed by atoms with van der Waals surface area (Å²) in [5, 5.41) is 3.21. The Kier molecular flexibility index (Phi) is 5.77. The van der Waals surface area contributed by atoms with Crippen molar-refractivity contribution < 1.29 is 14.3 Å². The lowest BCUT2D eigenvalue weighted by atomic mass is 10.1. The Labute approximate surface area is 140 Å². The molecule has 1 atom stereocenters. The summed E-state index contributed by atoms with van der Waals surface area (Å²) in [7, 11) is 0. The molecule has 1 N–H and O–H groups in total. The number of aryl methyl sites for hydroxylation is 1. The third kappa shape index (κ3) is 5.11. The molecule has 5 heteroatoms. The van der Waals surface area contributed by atoms with E-state index in [0.717, 1.165) is 5.56 Å². The minimum atomic E-state index is -0.883. The van der Waals surface area contributed by atoms with Crippen LogP contribution in [-0.2, 0) is 20.7 Å². The second-order valence-corrected chi connectivity index (χ2v) is 5.66. The molecule has 2 aromatic carbocycles. The third-order valence-electron chi connectivity index (χ3n) is 3.29. The Hall–Kier alpha value is -2.33. The average molecular weight is 332 g/mol. The van der Waals surface area contributed by atoms with Crippen LogP contribution in [-0.4, -0.2) is 18.0 Å². The summed E-state index contributed by atoms with van der Waals surface area (Å²) in [6, 6.07) is 14.4. The van der Waals surface area contributed by atoms with Crippen molar-refractivity contribution in [1.82, 2.24) is 0 Å². The van der Waals surface area contributed by atoms with E-state index in [1.165, 1.54) is 6.92 Å². The number of benzene rings is 2. The molecule has 0 spiro atoms. The van der Waals surface area contributed by atoms with Gasteiger partial charge in [0.2, 0.25) is 0 Å². The predicted molar refractivity (Wildman–Crippen MR) is 90.5 cm³/mol. The van der Waals surface area contributed by atoms with E-state index in [9.17, 15) is 9.59 Å². The zero-order chi connectivity index (χ0) is 16.8. The van der Waals surface area contributed by atoms with E-state index >= 15 is 0 Å². The van der Waals surface area contributed by atoms with Crippen LogP contribution in [0.1, 0.15) is 18.1 Å². The fourth-order valence-corrected chi connectivity index (χ4v) is 2.17. The molecule has 1 amide bonds. The molecule has 0 aliphatic heterocycles. The quantitative estimate of drug-likeness (QED) is 0.849. The lowest BCUT2D eigenvalue weighted by molar-refractivity contribution is -0.152. The monoisotopic (exact) mass is 331 g/mol. The smallest absolute Gasteiger partial charge is 0.311 e. The number of rotatable bonds is 5. The number of ether oxygens (including phenoxy) is 1. The number of hydrogen-bond donors (Lipinski definition) is 1. The summed E-state index contributed by atoms with van der Waals surface area (Å²) < 4.78 is 5.16. The Morgan fingerprint density at radius 1 is 1.13 bits per heavy atom. The maximum Gasteiger partial charge on any atom is 0.311 e. The number of carbonyl (C=O) groups is 2. The second-order valence-electron chi connectivity index (χ2n) is 5.26. The van der Waals surface area contributed by atoms with Gasteiger partial charge in [-0.05, 0) is 37.6 Å². The number of anilines is 1. The Balaban J connectivity index is 1.89. The van der Waals surface area contributed by atoms with Gasteiger partial charge in [-0.15, -0.1) is 0 Å². The number of amides is 1. The lowest BCUT2D eigenvalue weighted by Crippen LogP contribution is -2.30. The molecule has 0 saturated carbocycles. The fourth-order valence-electron chi connectivity index (χ4n) is 1.97. The summed E-state index contributed by atoms with van der Waals surface area (Å²) in [4.78, 5) is 24.0. The number of hydrogen-bond acceptors (Lipinski definition) is 3. The Morgan fingerprint density at radius 3 is 2.43 bits per heavy atom. The van der Waals surface area contributed by atoms with Crippen molar-refractivity contribution >= 4 is 29.2 Å². The molecule has 4 nitrogen and oxygen atoms in total. The molecule has 0 aromatic heterocycles. The predicted octanol–water partition coefficient (Wildman–Crippen LogP) is 3.76. The molecule has 120 valence electrons. The highest BCUT2D eigenvalue weighted by Crippen LogP contribution is 2.16. The van der Waals surface area contributed by atoms with Gasteiger partial charge >= 0.3 is 5.97 Å². The van der Waals surface area contributed by atoms with E-state index in [1.807, 2.05) is 19.1 Å². The van der Waals surface area contributed by atoms with Crippen LogP contribution in [0.5, 0.6) is 0 Å². The molecular formula is C18H18ClNO3. The zero-order valence-electron chi connectivity index (χ0n) is 13.0. The maximum absolute atomic E-state index is 12.0. The van der Waals surface area contributed by atoms with Crippen LogP contribution in [0.4, 0.5) is 5.69 Å². The first-order valence-electron chi connectivity index (χ1n) is 7.26.